The van der Waals surface area contributed by atoms with Crippen LogP contribution in [0.3, 0.4) is 0 Å². The maximum Gasteiger partial charge on any atom is 0.255 e. The molecular weight excluding hydrogens is 368 g/mol. The van der Waals surface area contributed by atoms with Crippen molar-refractivity contribution in [2.75, 3.05) is 44.6 Å². The molecule has 0 spiro atoms. The van der Waals surface area contributed by atoms with Gasteiger partial charge in [-0.3, -0.25) is 4.79 Å². The maximum absolute atomic E-state index is 12.9. The molecule has 1 saturated heterocycles. The van der Waals surface area contributed by atoms with E-state index in [2.05, 4.69) is 10.2 Å². The van der Waals surface area contributed by atoms with E-state index in [0.717, 1.165) is 31.6 Å². The second kappa shape index (κ2) is 8.39. The van der Waals surface area contributed by atoms with Gasteiger partial charge in [0, 0.05) is 18.7 Å². The summed E-state index contributed by atoms with van der Waals surface area (Å²) in [5.41, 5.74) is 1.94. The molecule has 1 amide bonds. The van der Waals surface area contributed by atoms with Gasteiger partial charge >= 0.3 is 0 Å². The smallest absolute Gasteiger partial charge is 0.255 e. The Morgan fingerprint density at radius 3 is 2.22 bits per heavy atom. The standard InChI is InChI=1S/C20H23ClN2O4/c1-25-16-11-13(12-17(26-2)19(16)27-3)20(24)22-15-8-6-7-14(21)18(15)23-9-4-5-10-23/h6-8,11-12H,4-5,9-10H2,1-3H3,(H,22,24). The van der Waals surface area contributed by atoms with Crippen molar-refractivity contribution in [3.63, 3.8) is 0 Å². The average molecular weight is 391 g/mol. The molecule has 1 fully saturated rings. The van der Waals surface area contributed by atoms with E-state index in [4.69, 9.17) is 25.8 Å². The zero-order valence-corrected chi connectivity index (χ0v) is 16.4. The molecule has 1 aliphatic rings. The van der Waals surface area contributed by atoms with Crippen molar-refractivity contribution in [1.29, 1.82) is 0 Å². The van der Waals surface area contributed by atoms with Gasteiger partial charge < -0.3 is 24.4 Å². The highest BCUT2D eigenvalue weighted by Gasteiger charge is 2.22. The highest BCUT2D eigenvalue weighted by molar-refractivity contribution is 6.34. The topological polar surface area (TPSA) is 60.0 Å². The molecule has 144 valence electrons. The molecule has 0 atom stereocenters. The van der Waals surface area contributed by atoms with Crippen LogP contribution in [0.4, 0.5) is 11.4 Å². The van der Waals surface area contributed by atoms with Crippen LogP contribution in [-0.4, -0.2) is 40.3 Å². The van der Waals surface area contributed by atoms with Crippen LogP contribution >= 0.6 is 11.6 Å². The van der Waals surface area contributed by atoms with Crippen molar-refractivity contribution in [2.45, 2.75) is 12.8 Å². The monoisotopic (exact) mass is 390 g/mol. The zero-order chi connectivity index (χ0) is 19.4. The first kappa shape index (κ1) is 19.2. The van der Waals surface area contributed by atoms with Gasteiger partial charge in [0.1, 0.15) is 0 Å². The fourth-order valence-corrected chi connectivity index (χ4v) is 3.58. The fourth-order valence-electron chi connectivity index (χ4n) is 3.28. The minimum Gasteiger partial charge on any atom is -0.493 e. The predicted octanol–water partition coefficient (Wildman–Crippen LogP) is 4.22. The Labute approximate surface area is 164 Å². The summed E-state index contributed by atoms with van der Waals surface area (Å²) in [4.78, 5) is 15.1. The minimum atomic E-state index is -0.281. The van der Waals surface area contributed by atoms with Crippen molar-refractivity contribution in [3.8, 4) is 17.2 Å². The van der Waals surface area contributed by atoms with E-state index < -0.39 is 0 Å². The van der Waals surface area contributed by atoms with Gasteiger partial charge in [-0.15, -0.1) is 0 Å². The Kier molecular flexibility index (Phi) is 5.96. The van der Waals surface area contributed by atoms with Crippen LogP contribution in [-0.2, 0) is 0 Å². The molecule has 1 aliphatic heterocycles. The molecule has 2 aromatic rings. The molecule has 1 heterocycles. The molecule has 0 saturated carbocycles. The van der Waals surface area contributed by atoms with Crippen LogP contribution in [0.25, 0.3) is 0 Å². The van der Waals surface area contributed by atoms with Crippen molar-refractivity contribution < 1.29 is 19.0 Å². The Morgan fingerprint density at radius 2 is 1.67 bits per heavy atom. The number of methoxy groups -OCH3 is 3. The van der Waals surface area contributed by atoms with E-state index in [0.29, 0.717) is 33.5 Å². The fraction of sp³-hybridized carbons (Fsp3) is 0.350. The Bertz CT molecular complexity index is 810. The van der Waals surface area contributed by atoms with E-state index in [1.54, 1.807) is 12.1 Å². The lowest BCUT2D eigenvalue weighted by molar-refractivity contribution is 0.102. The van der Waals surface area contributed by atoms with Gasteiger partial charge in [0.25, 0.3) is 5.91 Å². The third-order valence-corrected chi connectivity index (χ3v) is 4.89. The molecule has 3 rings (SSSR count). The van der Waals surface area contributed by atoms with Crippen LogP contribution in [0, 0.1) is 0 Å². The van der Waals surface area contributed by atoms with Crippen LogP contribution < -0.4 is 24.4 Å². The van der Waals surface area contributed by atoms with Gasteiger partial charge in [0.05, 0.1) is 37.7 Å². The van der Waals surface area contributed by atoms with Crippen LogP contribution in [0.1, 0.15) is 23.2 Å². The Balaban J connectivity index is 1.93. The van der Waals surface area contributed by atoms with E-state index in [1.807, 2.05) is 18.2 Å². The molecule has 7 heteroatoms. The van der Waals surface area contributed by atoms with Crippen molar-refractivity contribution in [3.05, 3.63) is 40.9 Å². The lowest BCUT2D eigenvalue weighted by Crippen LogP contribution is -2.21. The number of hydrogen-bond donors (Lipinski definition) is 1. The number of nitrogens with zero attached hydrogens (tertiary/aromatic N) is 1. The number of para-hydroxylation sites is 1. The highest BCUT2D eigenvalue weighted by atomic mass is 35.5. The molecule has 2 aromatic carbocycles. The maximum atomic E-state index is 12.9. The summed E-state index contributed by atoms with van der Waals surface area (Å²) in [7, 11) is 4.55. The van der Waals surface area contributed by atoms with E-state index in [1.165, 1.54) is 21.3 Å². The van der Waals surface area contributed by atoms with Gasteiger partial charge in [-0.1, -0.05) is 17.7 Å². The summed E-state index contributed by atoms with van der Waals surface area (Å²) in [6, 6.07) is 8.76. The SMILES string of the molecule is COc1cc(C(=O)Nc2cccc(Cl)c2N2CCCC2)cc(OC)c1OC. The summed E-state index contributed by atoms with van der Waals surface area (Å²) in [5.74, 6) is 1.01. The van der Waals surface area contributed by atoms with Crippen LogP contribution in [0.2, 0.25) is 5.02 Å². The number of hydrogen-bond acceptors (Lipinski definition) is 5. The van der Waals surface area contributed by atoms with Gasteiger partial charge in [-0.2, -0.15) is 0 Å². The highest BCUT2D eigenvalue weighted by Crippen LogP contribution is 2.39. The lowest BCUT2D eigenvalue weighted by Gasteiger charge is -2.23. The van der Waals surface area contributed by atoms with E-state index in [-0.39, 0.29) is 5.91 Å². The third-order valence-electron chi connectivity index (χ3n) is 4.58. The van der Waals surface area contributed by atoms with Gasteiger partial charge in [-0.25, -0.2) is 0 Å². The third kappa shape index (κ3) is 3.90. The summed E-state index contributed by atoms with van der Waals surface area (Å²) in [6.45, 7) is 1.85. The predicted molar refractivity (Wildman–Crippen MR) is 107 cm³/mol. The molecule has 0 radical (unpaired) electrons. The second-order valence-electron chi connectivity index (χ2n) is 6.20. The van der Waals surface area contributed by atoms with Gasteiger partial charge in [0.15, 0.2) is 11.5 Å². The number of carbonyl (C=O) groups is 1. The molecule has 1 N–H and O–H groups in total. The quantitative estimate of drug-likeness (QED) is 0.800. The molecule has 0 bridgehead atoms. The number of anilines is 2. The molecule has 0 aromatic heterocycles. The van der Waals surface area contributed by atoms with Crippen LogP contribution in [0.15, 0.2) is 30.3 Å². The normalized spacial score (nSPS) is 13.4. The Hall–Kier alpha value is -2.60. The van der Waals surface area contributed by atoms with Gasteiger partial charge in [-0.05, 0) is 37.1 Å². The second-order valence-corrected chi connectivity index (χ2v) is 6.61. The van der Waals surface area contributed by atoms with Gasteiger partial charge in [0.2, 0.25) is 5.75 Å². The van der Waals surface area contributed by atoms with Crippen LogP contribution in [0.5, 0.6) is 17.2 Å². The average Bonchev–Trinajstić information content (AvgIpc) is 3.20. The number of rotatable bonds is 6. The lowest BCUT2D eigenvalue weighted by atomic mass is 10.1. The largest absolute Gasteiger partial charge is 0.493 e. The molecule has 0 unspecified atom stereocenters. The zero-order valence-electron chi connectivity index (χ0n) is 15.7. The summed E-state index contributed by atoms with van der Waals surface area (Å²) in [6.07, 6.45) is 2.23. The first-order valence-corrected chi connectivity index (χ1v) is 9.11. The molecular formula is C20H23ClN2O4. The molecule has 27 heavy (non-hydrogen) atoms. The summed E-state index contributed by atoms with van der Waals surface area (Å²) < 4.78 is 16.0. The van der Waals surface area contributed by atoms with E-state index >= 15 is 0 Å². The number of ether oxygens (including phenoxy) is 3. The summed E-state index contributed by atoms with van der Waals surface area (Å²) >= 11 is 6.42. The molecule has 6 nitrogen and oxygen atoms in total. The number of benzene rings is 2. The number of amides is 1. The molecule has 0 aliphatic carbocycles. The number of carbonyl (C=O) groups excluding carboxylic acids is 1. The minimum absolute atomic E-state index is 0.281. The first-order valence-electron chi connectivity index (χ1n) is 8.74. The Morgan fingerprint density at radius 1 is 1.04 bits per heavy atom. The number of nitrogens with one attached hydrogen (secondary N) is 1. The van der Waals surface area contributed by atoms with Crippen molar-refractivity contribution >= 4 is 28.9 Å². The number of halogens is 1. The first-order chi connectivity index (χ1) is 13.1. The van der Waals surface area contributed by atoms with E-state index in [9.17, 15) is 4.79 Å². The van der Waals surface area contributed by atoms with Crippen molar-refractivity contribution in [1.82, 2.24) is 0 Å². The van der Waals surface area contributed by atoms with Crippen molar-refractivity contribution in [2.24, 2.45) is 0 Å². The summed E-state index contributed by atoms with van der Waals surface area (Å²) in [5, 5.41) is 3.59.